The van der Waals surface area contributed by atoms with Crippen molar-refractivity contribution in [1.29, 1.82) is 0 Å². The Kier molecular flexibility index (Phi) is 3.50. The minimum absolute atomic E-state index is 0.234. The molecule has 0 aromatic carbocycles. The molecule has 0 bridgehead atoms. The van der Waals surface area contributed by atoms with Crippen LogP contribution in [0.5, 0.6) is 5.88 Å². The summed E-state index contributed by atoms with van der Waals surface area (Å²) in [6.45, 7) is 10.8. The van der Waals surface area contributed by atoms with Crippen LogP contribution >= 0.6 is 0 Å². The molecule has 0 unspecified atom stereocenters. The molecule has 4 heteroatoms. The van der Waals surface area contributed by atoms with E-state index in [1.807, 2.05) is 34.6 Å². The fraction of sp³-hybridized carbons (Fsp3) is 0.636. The van der Waals surface area contributed by atoms with Gasteiger partial charge in [0.25, 0.3) is 0 Å². The topological polar surface area (TPSA) is 47.0 Å². The molecule has 1 aromatic rings. The van der Waals surface area contributed by atoms with E-state index in [1.165, 1.54) is 6.33 Å². The van der Waals surface area contributed by atoms with Gasteiger partial charge >= 0.3 is 0 Å². The van der Waals surface area contributed by atoms with Gasteiger partial charge < -0.3 is 10.1 Å². The first kappa shape index (κ1) is 11.8. The normalized spacial score (nSPS) is 11.3. The number of ether oxygens (including phenoxy) is 1. The van der Waals surface area contributed by atoms with Crippen molar-refractivity contribution in [3.05, 3.63) is 11.9 Å². The van der Waals surface area contributed by atoms with Crippen molar-refractivity contribution in [2.45, 2.75) is 40.2 Å². The van der Waals surface area contributed by atoms with Crippen molar-refractivity contribution < 1.29 is 4.74 Å². The zero-order chi connectivity index (χ0) is 11.5. The third-order valence-corrected chi connectivity index (χ3v) is 1.78. The highest BCUT2D eigenvalue weighted by Gasteiger charge is 2.16. The average molecular weight is 209 g/mol. The second-order valence-electron chi connectivity index (χ2n) is 4.40. The lowest BCUT2D eigenvalue weighted by atomic mass is 10.2. The zero-order valence-corrected chi connectivity index (χ0v) is 10.1. The van der Waals surface area contributed by atoms with E-state index in [0.29, 0.717) is 5.88 Å². The average Bonchev–Trinajstić information content (AvgIpc) is 2.10. The summed E-state index contributed by atoms with van der Waals surface area (Å²) in [7, 11) is 0. The number of anilines is 1. The molecule has 4 nitrogen and oxygen atoms in total. The van der Waals surface area contributed by atoms with Crippen LogP contribution in [0, 0.1) is 6.92 Å². The molecule has 1 heterocycles. The molecule has 84 valence electrons. The van der Waals surface area contributed by atoms with E-state index in [1.54, 1.807) is 0 Å². The maximum atomic E-state index is 5.73. The first-order valence-corrected chi connectivity index (χ1v) is 5.18. The molecule has 0 atom stereocenters. The molecule has 15 heavy (non-hydrogen) atoms. The van der Waals surface area contributed by atoms with E-state index < -0.39 is 0 Å². The third-order valence-electron chi connectivity index (χ3n) is 1.78. The van der Waals surface area contributed by atoms with Gasteiger partial charge in [0.05, 0.1) is 5.56 Å². The number of nitrogens with one attached hydrogen (secondary N) is 1. The van der Waals surface area contributed by atoms with Gasteiger partial charge in [-0.15, -0.1) is 0 Å². The molecule has 0 spiro atoms. The van der Waals surface area contributed by atoms with Gasteiger partial charge in [-0.2, -0.15) is 0 Å². The Morgan fingerprint density at radius 2 is 2.00 bits per heavy atom. The fourth-order valence-corrected chi connectivity index (χ4v) is 1.17. The Labute approximate surface area is 91.1 Å². The molecule has 0 saturated heterocycles. The highest BCUT2D eigenvalue weighted by Crippen LogP contribution is 2.23. The standard InChI is InChI=1S/C11H19N3O/c1-6-12-9-8(2)10(14-7-13-9)15-11(3,4)5/h7H,6H2,1-5H3,(H,12,13,14). The van der Waals surface area contributed by atoms with Crippen molar-refractivity contribution >= 4 is 5.82 Å². The van der Waals surface area contributed by atoms with Crippen molar-refractivity contribution in [2.75, 3.05) is 11.9 Å². The van der Waals surface area contributed by atoms with Gasteiger partial charge in [-0.05, 0) is 34.6 Å². The molecule has 0 amide bonds. The van der Waals surface area contributed by atoms with Crippen LogP contribution in [-0.4, -0.2) is 22.1 Å². The minimum atomic E-state index is -0.234. The SMILES string of the molecule is CCNc1ncnc(OC(C)(C)C)c1C. The maximum Gasteiger partial charge on any atom is 0.222 e. The summed E-state index contributed by atoms with van der Waals surface area (Å²) < 4.78 is 5.73. The first-order chi connectivity index (χ1) is 6.94. The molecular weight excluding hydrogens is 190 g/mol. The summed E-state index contributed by atoms with van der Waals surface area (Å²) in [6, 6.07) is 0. The lowest BCUT2D eigenvalue weighted by Crippen LogP contribution is -2.24. The van der Waals surface area contributed by atoms with Gasteiger partial charge in [0.1, 0.15) is 17.7 Å². The number of aromatic nitrogens is 2. The monoisotopic (exact) mass is 209 g/mol. The van der Waals surface area contributed by atoms with Crippen LogP contribution in [0.3, 0.4) is 0 Å². The smallest absolute Gasteiger partial charge is 0.222 e. The summed E-state index contributed by atoms with van der Waals surface area (Å²) in [5.74, 6) is 1.49. The van der Waals surface area contributed by atoms with Crippen LogP contribution in [0.15, 0.2) is 6.33 Å². The molecule has 0 saturated carbocycles. The van der Waals surface area contributed by atoms with Crippen molar-refractivity contribution in [3.63, 3.8) is 0 Å². The molecule has 0 radical (unpaired) electrons. The zero-order valence-electron chi connectivity index (χ0n) is 10.1. The van der Waals surface area contributed by atoms with Gasteiger partial charge in [0, 0.05) is 6.54 Å². The van der Waals surface area contributed by atoms with E-state index in [2.05, 4.69) is 15.3 Å². The van der Waals surface area contributed by atoms with Crippen LogP contribution in [0.2, 0.25) is 0 Å². The van der Waals surface area contributed by atoms with Crippen molar-refractivity contribution in [3.8, 4) is 5.88 Å². The van der Waals surface area contributed by atoms with Gasteiger partial charge in [0.15, 0.2) is 0 Å². The van der Waals surface area contributed by atoms with Gasteiger partial charge in [0.2, 0.25) is 5.88 Å². The van der Waals surface area contributed by atoms with Crippen LogP contribution in [0.1, 0.15) is 33.3 Å². The third kappa shape index (κ3) is 3.38. The van der Waals surface area contributed by atoms with E-state index in [0.717, 1.165) is 17.9 Å². The Morgan fingerprint density at radius 3 is 2.53 bits per heavy atom. The highest BCUT2D eigenvalue weighted by atomic mass is 16.5. The number of hydrogen-bond acceptors (Lipinski definition) is 4. The first-order valence-electron chi connectivity index (χ1n) is 5.18. The molecule has 0 aliphatic carbocycles. The molecule has 1 N–H and O–H groups in total. The lowest BCUT2D eigenvalue weighted by Gasteiger charge is -2.22. The van der Waals surface area contributed by atoms with Gasteiger partial charge in [-0.3, -0.25) is 0 Å². The summed E-state index contributed by atoms with van der Waals surface area (Å²) in [4.78, 5) is 8.29. The second kappa shape index (κ2) is 4.47. The van der Waals surface area contributed by atoms with E-state index in [-0.39, 0.29) is 5.60 Å². The largest absolute Gasteiger partial charge is 0.472 e. The van der Waals surface area contributed by atoms with E-state index in [9.17, 15) is 0 Å². The Bertz CT molecular complexity index is 331. The van der Waals surface area contributed by atoms with Crippen LogP contribution in [-0.2, 0) is 0 Å². The molecule has 0 fully saturated rings. The van der Waals surface area contributed by atoms with Crippen LogP contribution in [0.4, 0.5) is 5.82 Å². The predicted octanol–water partition coefficient (Wildman–Crippen LogP) is 2.39. The molecule has 1 rings (SSSR count). The summed E-state index contributed by atoms with van der Waals surface area (Å²) in [5, 5.41) is 3.17. The maximum absolute atomic E-state index is 5.73. The molecule has 0 aliphatic heterocycles. The molecule has 0 aliphatic rings. The predicted molar refractivity (Wildman–Crippen MR) is 61.3 cm³/mol. The Hall–Kier alpha value is -1.32. The quantitative estimate of drug-likeness (QED) is 0.830. The van der Waals surface area contributed by atoms with E-state index in [4.69, 9.17) is 4.74 Å². The lowest BCUT2D eigenvalue weighted by molar-refractivity contribution is 0.123. The van der Waals surface area contributed by atoms with Crippen molar-refractivity contribution in [1.82, 2.24) is 9.97 Å². The minimum Gasteiger partial charge on any atom is -0.472 e. The molecular formula is C11H19N3O. The highest BCUT2D eigenvalue weighted by molar-refractivity contribution is 5.47. The summed E-state index contributed by atoms with van der Waals surface area (Å²) >= 11 is 0. The fourth-order valence-electron chi connectivity index (χ4n) is 1.17. The second-order valence-corrected chi connectivity index (χ2v) is 4.40. The number of rotatable bonds is 3. The van der Waals surface area contributed by atoms with E-state index >= 15 is 0 Å². The van der Waals surface area contributed by atoms with Crippen LogP contribution in [0.25, 0.3) is 0 Å². The Balaban J connectivity index is 2.94. The molecule has 1 aromatic heterocycles. The summed E-state index contributed by atoms with van der Waals surface area (Å²) in [6.07, 6.45) is 1.52. The number of hydrogen-bond donors (Lipinski definition) is 1. The van der Waals surface area contributed by atoms with Crippen LogP contribution < -0.4 is 10.1 Å². The summed E-state index contributed by atoms with van der Waals surface area (Å²) in [5.41, 5.74) is 0.719. The van der Waals surface area contributed by atoms with Gasteiger partial charge in [-0.1, -0.05) is 0 Å². The van der Waals surface area contributed by atoms with Crippen molar-refractivity contribution in [2.24, 2.45) is 0 Å². The Morgan fingerprint density at radius 1 is 1.33 bits per heavy atom. The van der Waals surface area contributed by atoms with Gasteiger partial charge in [-0.25, -0.2) is 9.97 Å². The number of nitrogens with zero attached hydrogens (tertiary/aromatic N) is 2.